The zero-order valence-corrected chi connectivity index (χ0v) is 15.1. The van der Waals surface area contributed by atoms with Crippen LogP contribution in [0.4, 0.5) is 0 Å². The maximum absolute atomic E-state index is 8.92. The number of hydrogen-bond donors (Lipinski definition) is 0. The average Bonchev–Trinajstić information content (AvgIpc) is 2.80. The molecule has 0 radical (unpaired) electrons. The van der Waals surface area contributed by atoms with Gasteiger partial charge >= 0.3 is 0 Å². The lowest BCUT2D eigenvalue weighted by Crippen LogP contribution is -2.33. The van der Waals surface area contributed by atoms with Gasteiger partial charge in [0.25, 0.3) is 0 Å². The van der Waals surface area contributed by atoms with Crippen molar-refractivity contribution in [2.45, 2.75) is 77.3 Å². The summed E-state index contributed by atoms with van der Waals surface area (Å²) >= 11 is 0. The van der Waals surface area contributed by atoms with Crippen molar-refractivity contribution >= 4 is 9.76 Å². The van der Waals surface area contributed by atoms with Crippen molar-refractivity contribution in [3.05, 3.63) is 0 Å². The standard InChI is InChI=1S/C15H27NO4Si/c1-14(2,3)9-21-17-8-11-13-12(10(18-11)6-7-16)19-15(4,5)20-13/h10-13H,6,8-9,21H2,1-5H3/t10-,11-,12+,13-/m1/s1. The summed E-state index contributed by atoms with van der Waals surface area (Å²) in [5.41, 5.74) is 0.323. The molecule has 120 valence electrons. The van der Waals surface area contributed by atoms with Crippen LogP contribution in [0, 0.1) is 16.7 Å². The zero-order valence-electron chi connectivity index (χ0n) is 13.7. The molecule has 0 unspecified atom stereocenters. The van der Waals surface area contributed by atoms with E-state index in [-0.39, 0.29) is 24.4 Å². The molecule has 2 fully saturated rings. The van der Waals surface area contributed by atoms with Crippen molar-refractivity contribution in [1.82, 2.24) is 0 Å². The minimum absolute atomic E-state index is 0.123. The summed E-state index contributed by atoms with van der Waals surface area (Å²) < 4.78 is 23.6. The third-order valence-corrected chi connectivity index (χ3v) is 6.05. The van der Waals surface area contributed by atoms with Gasteiger partial charge in [-0.1, -0.05) is 20.8 Å². The van der Waals surface area contributed by atoms with Gasteiger partial charge in [0.05, 0.1) is 19.1 Å². The largest absolute Gasteiger partial charge is 0.421 e. The van der Waals surface area contributed by atoms with Gasteiger partial charge in [0, 0.05) is 0 Å². The Hall–Kier alpha value is -0.453. The fourth-order valence-corrected chi connectivity index (χ4v) is 3.89. The third kappa shape index (κ3) is 4.51. The molecule has 0 spiro atoms. The Bertz CT molecular complexity index is 401. The minimum atomic E-state index is -0.603. The molecule has 6 heteroatoms. The van der Waals surface area contributed by atoms with Gasteiger partial charge in [-0.25, -0.2) is 0 Å². The molecule has 2 rings (SSSR count). The van der Waals surface area contributed by atoms with Gasteiger partial charge in [0.1, 0.15) is 24.4 Å². The lowest BCUT2D eigenvalue weighted by atomic mass is 10.0. The highest BCUT2D eigenvalue weighted by molar-refractivity contribution is 6.27. The highest BCUT2D eigenvalue weighted by Gasteiger charge is 2.54. The van der Waals surface area contributed by atoms with Gasteiger partial charge in [0.15, 0.2) is 15.6 Å². The zero-order chi connectivity index (χ0) is 15.7. The van der Waals surface area contributed by atoms with Gasteiger partial charge < -0.3 is 18.6 Å². The van der Waals surface area contributed by atoms with Crippen molar-refractivity contribution in [3.8, 4) is 6.07 Å². The molecule has 21 heavy (non-hydrogen) atoms. The fourth-order valence-electron chi connectivity index (χ4n) is 2.74. The first-order chi connectivity index (χ1) is 9.72. The van der Waals surface area contributed by atoms with Gasteiger partial charge in [-0.15, -0.1) is 0 Å². The highest BCUT2D eigenvalue weighted by Crippen LogP contribution is 2.39. The second kappa shape index (κ2) is 6.35. The van der Waals surface area contributed by atoms with Crippen LogP contribution in [-0.4, -0.2) is 46.6 Å². The molecule has 2 saturated heterocycles. The SMILES string of the molecule is CC(C)(C)C[SiH2]OC[C@H]1O[C@H](CC#N)[C@@H]2OC(C)(C)O[C@@H]21. The van der Waals surface area contributed by atoms with Crippen LogP contribution < -0.4 is 0 Å². The summed E-state index contributed by atoms with van der Waals surface area (Å²) in [6.07, 6.45) is -0.280. The van der Waals surface area contributed by atoms with Gasteiger partial charge in [-0.3, -0.25) is 0 Å². The smallest absolute Gasteiger partial charge is 0.164 e. The molecule has 0 aromatic heterocycles. The van der Waals surface area contributed by atoms with Crippen LogP contribution in [-0.2, 0) is 18.6 Å². The molecular weight excluding hydrogens is 286 g/mol. The first-order valence-corrected chi connectivity index (χ1v) is 9.25. The van der Waals surface area contributed by atoms with E-state index >= 15 is 0 Å². The number of hydrogen-bond acceptors (Lipinski definition) is 5. The van der Waals surface area contributed by atoms with E-state index in [0.29, 0.717) is 18.4 Å². The lowest BCUT2D eigenvalue weighted by Gasteiger charge is -2.24. The molecule has 0 bridgehead atoms. The molecule has 0 amide bonds. The van der Waals surface area contributed by atoms with Crippen LogP contribution in [0.3, 0.4) is 0 Å². The second-order valence-electron chi connectivity index (χ2n) is 7.53. The van der Waals surface area contributed by atoms with Crippen molar-refractivity contribution < 1.29 is 18.6 Å². The van der Waals surface area contributed by atoms with E-state index in [1.165, 1.54) is 0 Å². The van der Waals surface area contributed by atoms with Gasteiger partial charge in [-0.2, -0.15) is 5.26 Å². The summed E-state index contributed by atoms with van der Waals surface area (Å²) in [4.78, 5) is 0. The first-order valence-electron chi connectivity index (χ1n) is 7.68. The first kappa shape index (κ1) is 16.9. The predicted octanol–water partition coefficient (Wildman–Crippen LogP) is 1.75. The number of ether oxygens (including phenoxy) is 3. The van der Waals surface area contributed by atoms with Crippen LogP contribution >= 0.6 is 0 Å². The maximum Gasteiger partial charge on any atom is 0.164 e. The Kier molecular flexibility index (Phi) is 5.11. The van der Waals surface area contributed by atoms with Crippen molar-refractivity contribution in [1.29, 1.82) is 5.26 Å². The number of nitrogens with zero attached hydrogens (tertiary/aromatic N) is 1. The summed E-state index contributed by atoms with van der Waals surface area (Å²) in [5.74, 6) is -0.603. The quantitative estimate of drug-likeness (QED) is 0.572. The third-order valence-electron chi connectivity index (χ3n) is 3.82. The molecule has 0 aliphatic carbocycles. The van der Waals surface area contributed by atoms with E-state index in [2.05, 4.69) is 26.8 Å². The summed E-state index contributed by atoms with van der Waals surface area (Å²) in [6, 6.07) is 3.30. The van der Waals surface area contributed by atoms with Crippen LogP contribution in [0.1, 0.15) is 41.0 Å². The molecule has 2 aliphatic heterocycles. The van der Waals surface area contributed by atoms with E-state index in [1.807, 2.05) is 13.8 Å². The van der Waals surface area contributed by atoms with E-state index < -0.39 is 15.6 Å². The number of nitriles is 1. The predicted molar refractivity (Wildman–Crippen MR) is 81.5 cm³/mol. The van der Waals surface area contributed by atoms with Crippen LogP contribution in [0.15, 0.2) is 0 Å². The molecule has 0 saturated carbocycles. The Morgan fingerprint density at radius 1 is 1.19 bits per heavy atom. The average molecular weight is 313 g/mol. The topological polar surface area (TPSA) is 60.7 Å². The normalized spacial score (nSPS) is 35.2. The second-order valence-corrected chi connectivity index (χ2v) is 8.84. The van der Waals surface area contributed by atoms with E-state index in [4.69, 9.17) is 23.9 Å². The Morgan fingerprint density at radius 3 is 2.38 bits per heavy atom. The van der Waals surface area contributed by atoms with E-state index in [1.54, 1.807) is 0 Å². The molecule has 5 nitrogen and oxygen atoms in total. The number of rotatable bonds is 5. The monoisotopic (exact) mass is 313 g/mol. The molecule has 0 aromatic carbocycles. The lowest BCUT2D eigenvalue weighted by molar-refractivity contribution is -0.188. The molecule has 2 aliphatic rings. The molecule has 0 aromatic rings. The van der Waals surface area contributed by atoms with E-state index in [0.717, 1.165) is 6.04 Å². The van der Waals surface area contributed by atoms with E-state index in [9.17, 15) is 0 Å². The minimum Gasteiger partial charge on any atom is -0.421 e. The summed E-state index contributed by atoms with van der Waals surface area (Å²) in [7, 11) is -0.551. The molecule has 4 atom stereocenters. The Balaban J connectivity index is 1.87. The van der Waals surface area contributed by atoms with Gasteiger partial charge in [0.2, 0.25) is 0 Å². The Morgan fingerprint density at radius 2 is 1.81 bits per heavy atom. The Labute approximate surface area is 129 Å². The van der Waals surface area contributed by atoms with Crippen LogP contribution in [0.25, 0.3) is 0 Å². The summed E-state index contributed by atoms with van der Waals surface area (Å²) in [6.45, 7) is 11.0. The van der Waals surface area contributed by atoms with Gasteiger partial charge in [-0.05, 0) is 25.3 Å². The van der Waals surface area contributed by atoms with Crippen LogP contribution in [0.5, 0.6) is 0 Å². The summed E-state index contributed by atoms with van der Waals surface area (Å²) in [5, 5.41) is 8.92. The maximum atomic E-state index is 8.92. The molecule has 2 heterocycles. The molecular formula is C15H27NO4Si. The van der Waals surface area contributed by atoms with Crippen molar-refractivity contribution in [3.63, 3.8) is 0 Å². The van der Waals surface area contributed by atoms with Crippen molar-refractivity contribution in [2.24, 2.45) is 5.41 Å². The molecule has 0 N–H and O–H groups in total. The highest BCUT2D eigenvalue weighted by atomic mass is 28.2. The van der Waals surface area contributed by atoms with Crippen molar-refractivity contribution in [2.75, 3.05) is 6.61 Å². The van der Waals surface area contributed by atoms with Crippen LogP contribution in [0.2, 0.25) is 6.04 Å². The fraction of sp³-hybridized carbons (Fsp3) is 0.933. The number of fused-ring (bicyclic) bond motifs is 1.